The molecule has 1 unspecified atom stereocenters. The third-order valence-corrected chi connectivity index (χ3v) is 4.09. The molecule has 1 aromatic heterocycles. The van der Waals surface area contributed by atoms with E-state index in [0.29, 0.717) is 0 Å². The summed E-state index contributed by atoms with van der Waals surface area (Å²) in [5.41, 5.74) is 2.84. The molecule has 1 atom stereocenters. The van der Waals surface area contributed by atoms with Gasteiger partial charge in [0.05, 0.1) is 10.7 Å². The quantitative estimate of drug-likeness (QED) is 0.891. The van der Waals surface area contributed by atoms with Crippen LogP contribution in [0.25, 0.3) is 0 Å². The topological polar surface area (TPSA) is 33.1 Å². The van der Waals surface area contributed by atoms with Crippen LogP contribution in [-0.4, -0.2) is 10.1 Å². The van der Waals surface area contributed by atoms with Gasteiger partial charge in [0, 0.05) is 10.8 Å². The maximum absolute atomic E-state index is 10.3. The van der Waals surface area contributed by atoms with Gasteiger partial charge in [-0.15, -0.1) is 11.3 Å². The van der Waals surface area contributed by atoms with Gasteiger partial charge >= 0.3 is 0 Å². The van der Waals surface area contributed by atoms with E-state index >= 15 is 0 Å². The molecule has 2 nitrogen and oxygen atoms in total. The van der Waals surface area contributed by atoms with Gasteiger partial charge < -0.3 is 5.11 Å². The van der Waals surface area contributed by atoms with Crippen LogP contribution in [0.1, 0.15) is 48.7 Å². The van der Waals surface area contributed by atoms with Crippen LogP contribution in [-0.2, 0) is 5.41 Å². The van der Waals surface area contributed by atoms with E-state index in [9.17, 15) is 5.11 Å². The number of benzene rings is 1. The summed E-state index contributed by atoms with van der Waals surface area (Å²) in [5.74, 6) is 0. The van der Waals surface area contributed by atoms with E-state index in [1.807, 2.05) is 36.6 Å². The molecule has 3 heteroatoms. The Morgan fingerprint density at radius 2 is 2.00 bits per heavy atom. The first-order valence-corrected chi connectivity index (χ1v) is 6.96. The highest BCUT2D eigenvalue weighted by atomic mass is 32.1. The third kappa shape index (κ3) is 2.79. The molecule has 0 aliphatic heterocycles. The largest absolute Gasteiger partial charge is 0.382 e. The van der Waals surface area contributed by atoms with Crippen molar-refractivity contribution in [2.24, 2.45) is 0 Å². The highest BCUT2D eigenvalue weighted by Gasteiger charge is 2.21. The summed E-state index contributed by atoms with van der Waals surface area (Å²) in [6, 6.07) is 7.93. The number of hydrogen-bond donors (Lipinski definition) is 1. The molecule has 2 aromatic rings. The Morgan fingerprint density at radius 3 is 2.56 bits per heavy atom. The molecule has 0 fully saturated rings. The van der Waals surface area contributed by atoms with Crippen molar-refractivity contribution < 1.29 is 5.11 Å². The molecule has 1 aromatic carbocycles. The molecule has 1 N–H and O–H groups in total. The van der Waals surface area contributed by atoms with Crippen LogP contribution < -0.4 is 0 Å². The summed E-state index contributed by atoms with van der Waals surface area (Å²) in [7, 11) is 0. The monoisotopic (exact) mass is 261 g/mol. The standard InChI is InChI=1S/C15H19NOS/c1-10-6-5-7-11(8-10)13(17)12-9-18-14(16-12)15(2,3)4/h5-9,13,17H,1-4H3. The Morgan fingerprint density at radius 1 is 1.28 bits per heavy atom. The van der Waals surface area contributed by atoms with Gasteiger partial charge in [-0.05, 0) is 12.5 Å². The lowest BCUT2D eigenvalue weighted by Crippen LogP contribution is -2.11. The molecule has 0 amide bonds. The van der Waals surface area contributed by atoms with E-state index < -0.39 is 6.10 Å². The molecular formula is C15H19NOS. The highest BCUT2D eigenvalue weighted by molar-refractivity contribution is 7.09. The zero-order valence-electron chi connectivity index (χ0n) is 11.3. The van der Waals surface area contributed by atoms with Gasteiger partial charge in [0.25, 0.3) is 0 Å². The zero-order valence-corrected chi connectivity index (χ0v) is 12.1. The van der Waals surface area contributed by atoms with Gasteiger partial charge in [0.2, 0.25) is 0 Å². The summed E-state index contributed by atoms with van der Waals surface area (Å²) < 4.78 is 0. The molecule has 0 radical (unpaired) electrons. The number of thiazole rings is 1. The number of aliphatic hydroxyl groups excluding tert-OH is 1. The van der Waals surface area contributed by atoms with Crippen LogP contribution in [0.2, 0.25) is 0 Å². The Kier molecular flexibility index (Phi) is 3.55. The van der Waals surface area contributed by atoms with E-state index in [1.54, 1.807) is 11.3 Å². The van der Waals surface area contributed by atoms with Crippen LogP contribution in [0.5, 0.6) is 0 Å². The molecule has 0 aliphatic rings. The normalized spacial score (nSPS) is 13.6. The van der Waals surface area contributed by atoms with Crippen LogP contribution in [0.3, 0.4) is 0 Å². The minimum atomic E-state index is -0.628. The molecule has 0 saturated carbocycles. The molecule has 1 heterocycles. The van der Waals surface area contributed by atoms with Crippen LogP contribution in [0.15, 0.2) is 29.6 Å². The lowest BCUT2D eigenvalue weighted by Gasteiger charge is -2.14. The van der Waals surface area contributed by atoms with Crippen molar-refractivity contribution in [3.8, 4) is 0 Å². The maximum Gasteiger partial charge on any atom is 0.122 e. The van der Waals surface area contributed by atoms with E-state index in [2.05, 4.69) is 25.8 Å². The van der Waals surface area contributed by atoms with Gasteiger partial charge in [-0.25, -0.2) is 4.98 Å². The van der Waals surface area contributed by atoms with Crippen molar-refractivity contribution in [3.05, 3.63) is 51.5 Å². The molecule has 96 valence electrons. The molecule has 0 bridgehead atoms. The number of aryl methyl sites for hydroxylation is 1. The van der Waals surface area contributed by atoms with Crippen LogP contribution in [0, 0.1) is 6.92 Å². The van der Waals surface area contributed by atoms with Gasteiger partial charge in [-0.3, -0.25) is 0 Å². The smallest absolute Gasteiger partial charge is 0.122 e. The summed E-state index contributed by atoms with van der Waals surface area (Å²) >= 11 is 1.61. The van der Waals surface area contributed by atoms with Gasteiger partial charge in [0.15, 0.2) is 0 Å². The van der Waals surface area contributed by atoms with Crippen molar-refractivity contribution in [1.82, 2.24) is 4.98 Å². The summed E-state index contributed by atoms with van der Waals surface area (Å²) in [6.07, 6.45) is -0.628. The fraction of sp³-hybridized carbons (Fsp3) is 0.400. The van der Waals surface area contributed by atoms with E-state index in [1.165, 1.54) is 0 Å². The van der Waals surface area contributed by atoms with Crippen LogP contribution >= 0.6 is 11.3 Å². The van der Waals surface area contributed by atoms with Crippen molar-refractivity contribution in [3.63, 3.8) is 0 Å². The number of hydrogen-bond acceptors (Lipinski definition) is 3. The van der Waals surface area contributed by atoms with Crippen molar-refractivity contribution in [2.75, 3.05) is 0 Å². The molecule has 0 aliphatic carbocycles. The molecule has 2 rings (SSSR count). The Labute approximate surface area is 112 Å². The number of rotatable bonds is 2. The Balaban J connectivity index is 2.29. The van der Waals surface area contributed by atoms with Crippen molar-refractivity contribution in [2.45, 2.75) is 39.2 Å². The zero-order chi connectivity index (χ0) is 13.3. The second-order valence-electron chi connectivity index (χ2n) is 5.64. The molecular weight excluding hydrogens is 242 g/mol. The van der Waals surface area contributed by atoms with E-state index in [0.717, 1.165) is 21.8 Å². The maximum atomic E-state index is 10.3. The van der Waals surface area contributed by atoms with Gasteiger partial charge in [-0.1, -0.05) is 50.6 Å². The molecule has 18 heavy (non-hydrogen) atoms. The average molecular weight is 261 g/mol. The SMILES string of the molecule is Cc1cccc(C(O)c2csc(C(C)(C)C)n2)c1. The minimum Gasteiger partial charge on any atom is -0.382 e. The van der Waals surface area contributed by atoms with E-state index in [4.69, 9.17) is 0 Å². The van der Waals surface area contributed by atoms with Crippen molar-refractivity contribution in [1.29, 1.82) is 0 Å². The predicted molar refractivity (Wildman–Crippen MR) is 76.1 cm³/mol. The van der Waals surface area contributed by atoms with Crippen LogP contribution in [0.4, 0.5) is 0 Å². The first kappa shape index (κ1) is 13.2. The average Bonchev–Trinajstić information content (AvgIpc) is 2.77. The van der Waals surface area contributed by atoms with Gasteiger partial charge in [0.1, 0.15) is 6.10 Å². The first-order valence-electron chi connectivity index (χ1n) is 6.08. The number of aromatic nitrogens is 1. The third-order valence-electron chi connectivity index (χ3n) is 2.80. The van der Waals surface area contributed by atoms with Crippen molar-refractivity contribution >= 4 is 11.3 Å². The second-order valence-corrected chi connectivity index (χ2v) is 6.50. The second kappa shape index (κ2) is 4.82. The number of aliphatic hydroxyl groups is 1. The first-order chi connectivity index (χ1) is 8.38. The van der Waals surface area contributed by atoms with Gasteiger partial charge in [-0.2, -0.15) is 0 Å². The summed E-state index contributed by atoms with van der Waals surface area (Å²) in [4.78, 5) is 4.56. The lowest BCUT2D eigenvalue weighted by atomic mass is 9.98. The summed E-state index contributed by atoms with van der Waals surface area (Å²) in [6.45, 7) is 8.43. The fourth-order valence-electron chi connectivity index (χ4n) is 1.77. The Bertz CT molecular complexity index is 539. The minimum absolute atomic E-state index is 0.0369. The molecule has 0 saturated heterocycles. The predicted octanol–water partition coefficient (Wildman–Crippen LogP) is 3.83. The summed E-state index contributed by atoms with van der Waals surface area (Å²) in [5, 5.41) is 13.4. The van der Waals surface area contributed by atoms with E-state index in [-0.39, 0.29) is 5.41 Å². The lowest BCUT2D eigenvalue weighted by molar-refractivity contribution is 0.215. The molecule has 0 spiro atoms. The highest BCUT2D eigenvalue weighted by Crippen LogP contribution is 2.30. The number of nitrogens with zero attached hydrogens (tertiary/aromatic N) is 1. The fourth-order valence-corrected chi connectivity index (χ4v) is 2.69. The Hall–Kier alpha value is -1.19.